The van der Waals surface area contributed by atoms with Gasteiger partial charge in [-0.3, -0.25) is 4.79 Å². The van der Waals surface area contributed by atoms with E-state index in [0.717, 1.165) is 15.7 Å². The minimum atomic E-state index is -1.82. The Bertz CT molecular complexity index is 828. The van der Waals surface area contributed by atoms with Gasteiger partial charge >= 0.3 is 0 Å². The summed E-state index contributed by atoms with van der Waals surface area (Å²) in [5.41, 5.74) is 1.61. The van der Waals surface area contributed by atoms with Gasteiger partial charge in [0.05, 0.1) is 0 Å². The first-order valence-corrected chi connectivity index (χ1v) is 10.0. The number of thiocarbonyl (C=S) groups is 1. The summed E-state index contributed by atoms with van der Waals surface area (Å²) in [6.07, 6.45) is 1.97. The smallest absolute Gasteiger partial charge is 0.245 e. The molecule has 1 unspecified atom stereocenters. The molecule has 27 heavy (non-hydrogen) atoms. The third kappa shape index (κ3) is 8.07. The van der Waals surface area contributed by atoms with Crippen LogP contribution >= 0.6 is 63.0 Å². The van der Waals surface area contributed by atoms with E-state index in [4.69, 9.17) is 47.0 Å². The maximum atomic E-state index is 12.2. The molecule has 1 amide bonds. The molecule has 0 saturated carbocycles. The predicted octanol–water partition coefficient (Wildman–Crippen LogP) is 5.26. The van der Waals surface area contributed by atoms with Gasteiger partial charge < -0.3 is 16.0 Å². The van der Waals surface area contributed by atoms with Gasteiger partial charge in [-0.25, -0.2) is 0 Å². The summed E-state index contributed by atoms with van der Waals surface area (Å²) in [6.45, 7) is 0. The second kappa shape index (κ2) is 10.3. The lowest BCUT2D eigenvalue weighted by molar-refractivity contribution is -0.117. The Kier molecular flexibility index (Phi) is 8.38. The van der Waals surface area contributed by atoms with Gasteiger partial charge in [0.2, 0.25) is 9.70 Å². The van der Waals surface area contributed by atoms with Crippen LogP contribution in [0.2, 0.25) is 0 Å². The van der Waals surface area contributed by atoms with E-state index in [2.05, 4.69) is 31.9 Å². The van der Waals surface area contributed by atoms with Crippen LogP contribution in [0.3, 0.4) is 0 Å². The molecule has 9 heteroatoms. The van der Waals surface area contributed by atoms with Crippen molar-refractivity contribution in [2.45, 2.75) is 9.96 Å². The maximum Gasteiger partial charge on any atom is 0.245 e. The molecule has 0 bridgehead atoms. The molecule has 0 radical (unpaired) electrons. The molecule has 2 aromatic rings. The van der Waals surface area contributed by atoms with Crippen LogP contribution in [0.4, 0.5) is 5.69 Å². The number of anilines is 1. The van der Waals surface area contributed by atoms with Gasteiger partial charge in [-0.1, -0.05) is 87.1 Å². The summed E-state index contributed by atoms with van der Waals surface area (Å²) in [5, 5.41) is 8.54. The fourth-order valence-electron chi connectivity index (χ4n) is 1.99. The summed E-state index contributed by atoms with van der Waals surface area (Å²) in [5.74, 6) is -0.437. The number of nitrogens with one attached hydrogen (secondary N) is 3. The number of halogens is 4. The minimum absolute atomic E-state index is 0.191. The Morgan fingerprint density at radius 2 is 1.78 bits per heavy atom. The molecule has 0 aliphatic rings. The van der Waals surface area contributed by atoms with Crippen molar-refractivity contribution < 1.29 is 4.79 Å². The Balaban J connectivity index is 1.99. The average Bonchev–Trinajstić information content (AvgIpc) is 2.59. The van der Waals surface area contributed by atoms with Gasteiger partial charge in [0, 0.05) is 16.2 Å². The van der Waals surface area contributed by atoms with E-state index in [-0.39, 0.29) is 5.11 Å². The largest absolute Gasteiger partial charge is 0.339 e. The van der Waals surface area contributed by atoms with Crippen LogP contribution in [-0.4, -0.2) is 21.0 Å². The van der Waals surface area contributed by atoms with E-state index in [0.29, 0.717) is 0 Å². The molecule has 2 rings (SSSR count). The molecule has 3 N–H and O–H groups in total. The molecule has 0 aliphatic heterocycles. The lowest BCUT2D eigenvalue weighted by atomic mass is 10.2. The topological polar surface area (TPSA) is 53.2 Å². The van der Waals surface area contributed by atoms with Crippen molar-refractivity contribution in [2.75, 3.05) is 5.32 Å². The lowest BCUT2D eigenvalue weighted by Gasteiger charge is -2.27. The Morgan fingerprint density at radius 3 is 2.41 bits per heavy atom. The highest BCUT2D eigenvalue weighted by Crippen LogP contribution is 2.29. The fourth-order valence-corrected chi connectivity index (χ4v) is 2.95. The summed E-state index contributed by atoms with van der Waals surface area (Å²) in [6, 6.07) is 16.7. The van der Waals surface area contributed by atoms with Crippen molar-refractivity contribution in [3.05, 3.63) is 70.7 Å². The van der Waals surface area contributed by atoms with Gasteiger partial charge in [0.15, 0.2) is 5.11 Å². The van der Waals surface area contributed by atoms with E-state index in [1.54, 1.807) is 6.08 Å². The van der Waals surface area contributed by atoms with E-state index in [9.17, 15) is 4.79 Å². The van der Waals surface area contributed by atoms with Gasteiger partial charge in [0.1, 0.15) is 6.17 Å². The Labute approximate surface area is 186 Å². The zero-order valence-corrected chi connectivity index (χ0v) is 18.4. The van der Waals surface area contributed by atoms with Gasteiger partial charge in [-0.15, -0.1) is 0 Å². The van der Waals surface area contributed by atoms with Gasteiger partial charge in [-0.05, 0) is 42.1 Å². The molecule has 0 aromatic heterocycles. The first-order valence-electron chi connectivity index (χ1n) is 7.67. The number of rotatable bonds is 5. The second-order valence-corrected chi connectivity index (χ2v) is 9.03. The first kappa shape index (κ1) is 22.0. The van der Waals surface area contributed by atoms with E-state index < -0.39 is 15.9 Å². The third-order valence-electron chi connectivity index (χ3n) is 3.20. The van der Waals surface area contributed by atoms with Crippen molar-refractivity contribution in [3.8, 4) is 0 Å². The number of carbonyl (C=O) groups is 1. The Morgan fingerprint density at radius 1 is 1.07 bits per heavy atom. The number of hydrogen-bond donors (Lipinski definition) is 3. The van der Waals surface area contributed by atoms with Crippen LogP contribution in [0, 0.1) is 0 Å². The average molecular weight is 508 g/mol. The summed E-state index contributed by atoms with van der Waals surface area (Å²) < 4.78 is -0.938. The molecular formula is C18H15BrCl3N3OS. The van der Waals surface area contributed by atoms with Crippen molar-refractivity contribution in [1.29, 1.82) is 0 Å². The molecule has 0 saturated heterocycles. The van der Waals surface area contributed by atoms with Crippen molar-refractivity contribution in [3.63, 3.8) is 0 Å². The number of amides is 1. The molecular weight excluding hydrogens is 493 g/mol. The third-order valence-corrected chi connectivity index (χ3v) is 4.57. The van der Waals surface area contributed by atoms with Crippen LogP contribution in [0.5, 0.6) is 0 Å². The highest BCUT2D eigenvalue weighted by molar-refractivity contribution is 9.10. The number of hydrogen-bond acceptors (Lipinski definition) is 2. The van der Waals surface area contributed by atoms with Crippen molar-refractivity contribution in [2.24, 2.45) is 0 Å². The van der Waals surface area contributed by atoms with Crippen LogP contribution < -0.4 is 16.0 Å². The summed E-state index contributed by atoms with van der Waals surface area (Å²) in [7, 11) is 0. The molecule has 4 nitrogen and oxygen atoms in total. The first-order chi connectivity index (χ1) is 12.7. The highest BCUT2D eigenvalue weighted by atomic mass is 79.9. The molecule has 0 heterocycles. The number of carbonyl (C=O) groups excluding carboxylic acids is 1. The van der Waals surface area contributed by atoms with Gasteiger partial charge in [-0.2, -0.15) is 0 Å². The van der Waals surface area contributed by atoms with E-state index in [1.807, 2.05) is 54.6 Å². The molecule has 1 atom stereocenters. The molecule has 0 spiro atoms. The fraction of sp³-hybridized carbons (Fsp3) is 0.111. The quantitative estimate of drug-likeness (QED) is 0.224. The zero-order chi connectivity index (χ0) is 19.9. The molecule has 0 fully saturated rings. The maximum absolute atomic E-state index is 12.2. The minimum Gasteiger partial charge on any atom is -0.339 e. The normalized spacial score (nSPS) is 12.4. The van der Waals surface area contributed by atoms with Crippen molar-refractivity contribution >= 4 is 85.7 Å². The van der Waals surface area contributed by atoms with Crippen LogP contribution in [0.15, 0.2) is 65.1 Å². The molecule has 142 valence electrons. The highest BCUT2D eigenvalue weighted by Gasteiger charge is 2.34. The standard InChI is InChI=1S/C18H15BrCl3N3OS/c19-13-7-4-8-14(11-13)23-17(27)25-16(18(20,21)22)24-15(26)10-9-12-5-2-1-3-6-12/h1-11,16H,(H,24,26)(H2,23,25,27)/b10-9+. The molecule has 0 aliphatic carbocycles. The van der Waals surface area contributed by atoms with E-state index in [1.165, 1.54) is 6.08 Å². The molecule has 2 aromatic carbocycles. The van der Waals surface area contributed by atoms with Gasteiger partial charge in [0.25, 0.3) is 0 Å². The second-order valence-electron chi connectivity index (χ2n) is 5.34. The van der Waals surface area contributed by atoms with Crippen LogP contribution in [0.25, 0.3) is 6.08 Å². The summed E-state index contributed by atoms with van der Waals surface area (Å²) >= 11 is 26.5. The monoisotopic (exact) mass is 505 g/mol. The number of alkyl halides is 3. The lowest BCUT2D eigenvalue weighted by Crippen LogP contribution is -2.55. The SMILES string of the molecule is O=C(/C=C/c1ccccc1)NC(NC(=S)Nc1cccc(Br)c1)C(Cl)(Cl)Cl. The Hall–Kier alpha value is -1.31. The number of benzene rings is 2. The predicted molar refractivity (Wildman–Crippen MR) is 121 cm³/mol. The zero-order valence-electron chi connectivity index (χ0n) is 13.8. The summed E-state index contributed by atoms with van der Waals surface area (Å²) in [4.78, 5) is 12.2. The van der Waals surface area contributed by atoms with Crippen LogP contribution in [-0.2, 0) is 4.79 Å². The van der Waals surface area contributed by atoms with E-state index >= 15 is 0 Å². The van der Waals surface area contributed by atoms with Crippen LogP contribution in [0.1, 0.15) is 5.56 Å². The van der Waals surface area contributed by atoms with Crippen molar-refractivity contribution in [1.82, 2.24) is 10.6 Å².